The summed E-state index contributed by atoms with van der Waals surface area (Å²) in [7, 11) is 3.08. The number of rotatable bonds is 3. The van der Waals surface area contributed by atoms with E-state index in [2.05, 4.69) is 6.07 Å². The highest BCUT2D eigenvalue weighted by molar-refractivity contribution is 8.00. The fourth-order valence-electron chi connectivity index (χ4n) is 4.51. The molecule has 33 heavy (non-hydrogen) atoms. The Kier molecular flexibility index (Phi) is 5.24. The lowest BCUT2D eigenvalue weighted by Crippen LogP contribution is -2.37. The monoisotopic (exact) mass is 482 g/mol. The minimum absolute atomic E-state index is 0.0851. The lowest BCUT2D eigenvalue weighted by Gasteiger charge is -2.30. The highest BCUT2D eigenvalue weighted by atomic mass is 35.5. The minimum Gasteiger partial charge on any atom is -0.448 e. The topological polar surface area (TPSA) is 106 Å². The summed E-state index contributed by atoms with van der Waals surface area (Å²) in [6, 6.07) is 12.6. The SMILES string of the molecule is Cn1c(=O)c2c(-c3cccc(C#N)c3)n3c(c2n(C)c1=O)[C@@H](c1ccc(Cl)o1)S[C@H](CO)C3. The Labute approximate surface area is 197 Å². The average molecular weight is 483 g/mol. The molecule has 1 aromatic carbocycles. The summed E-state index contributed by atoms with van der Waals surface area (Å²) in [5.74, 6) is 0.564. The van der Waals surface area contributed by atoms with Gasteiger partial charge in [-0.3, -0.25) is 13.9 Å². The highest BCUT2D eigenvalue weighted by Crippen LogP contribution is 2.49. The van der Waals surface area contributed by atoms with E-state index in [4.69, 9.17) is 16.0 Å². The Balaban J connectivity index is 1.97. The van der Waals surface area contributed by atoms with Crippen molar-refractivity contribution in [3.63, 3.8) is 0 Å². The summed E-state index contributed by atoms with van der Waals surface area (Å²) >= 11 is 7.56. The van der Waals surface area contributed by atoms with E-state index < -0.39 is 16.5 Å². The Hall–Kier alpha value is -3.19. The summed E-state index contributed by atoms with van der Waals surface area (Å²) < 4.78 is 10.3. The molecule has 0 radical (unpaired) electrons. The quantitative estimate of drug-likeness (QED) is 0.481. The lowest BCUT2D eigenvalue weighted by atomic mass is 10.1. The number of nitrogens with zero attached hydrogens (tertiary/aromatic N) is 4. The van der Waals surface area contributed by atoms with E-state index in [-0.39, 0.29) is 17.1 Å². The van der Waals surface area contributed by atoms with Crippen LogP contribution in [0.3, 0.4) is 0 Å². The molecule has 0 unspecified atom stereocenters. The number of halogens is 1. The Bertz CT molecular complexity index is 1570. The summed E-state index contributed by atoms with van der Waals surface area (Å²) in [6.07, 6.45) is 0. The molecule has 2 atom stereocenters. The number of benzene rings is 1. The standard InChI is InChI=1S/C23H19ClN4O4S/c1-26-19-17(22(30)27(2)23(26)31)18(13-5-3-4-12(8-13)9-25)28-10-14(11-29)33-21(20(19)28)15-6-7-16(24)32-15/h3-8,14,21,29H,10-11H2,1-2H3/t14-,21+/m0/s1. The second-order valence-electron chi connectivity index (χ2n) is 7.93. The number of aliphatic hydroxyl groups is 1. The van der Waals surface area contributed by atoms with Crippen molar-refractivity contribution in [2.45, 2.75) is 17.0 Å². The maximum atomic E-state index is 13.4. The normalized spacial score (nSPS) is 17.8. The van der Waals surface area contributed by atoms with Gasteiger partial charge >= 0.3 is 5.69 Å². The molecule has 4 aromatic rings. The second kappa shape index (κ2) is 7.99. The number of thioether (sulfide) groups is 1. The average Bonchev–Trinajstić information content (AvgIpc) is 3.42. The molecule has 1 N–H and O–H groups in total. The van der Waals surface area contributed by atoms with Gasteiger partial charge in [0.1, 0.15) is 11.0 Å². The maximum Gasteiger partial charge on any atom is 0.331 e. The van der Waals surface area contributed by atoms with E-state index in [0.717, 1.165) is 10.3 Å². The Morgan fingerprint density at radius 1 is 1.24 bits per heavy atom. The zero-order chi connectivity index (χ0) is 23.4. The Morgan fingerprint density at radius 3 is 2.70 bits per heavy atom. The van der Waals surface area contributed by atoms with Crippen LogP contribution in [0.5, 0.6) is 0 Å². The van der Waals surface area contributed by atoms with E-state index in [9.17, 15) is 20.0 Å². The van der Waals surface area contributed by atoms with Crippen molar-refractivity contribution in [2.24, 2.45) is 14.1 Å². The number of furan rings is 1. The zero-order valence-corrected chi connectivity index (χ0v) is 19.4. The van der Waals surface area contributed by atoms with Crippen LogP contribution >= 0.6 is 23.4 Å². The van der Waals surface area contributed by atoms with Crippen molar-refractivity contribution in [1.29, 1.82) is 5.26 Å². The second-order valence-corrected chi connectivity index (χ2v) is 9.71. The van der Waals surface area contributed by atoms with Gasteiger partial charge in [0.05, 0.1) is 40.5 Å². The number of aryl methyl sites for hydroxylation is 1. The summed E-state index contributed by atoms with van der Waals surface area (Å²) in [5, 5.41) is 19.5. The van der Waals surface area contributed by atoms with Crippen LogP contribution in [0.15, 0.2) is 50.4 Å². The van der Waals surface area contributed by atoms with Crippen LogP contribution in [0.1, 0.15) is 22.3 Å². The molecule has 0 bridgehead atoms. The fourth-order valence-corrected chi connectivity index (χ4v) is 5.99. The van der Waals surface area contributed by atoms with E-state index in [1.165, 1.54) is 23.4 Å². The number of aromatic nitrogens is 3. The third-order valence-electron chi connectivity index (χ3n) is 5.99. The molecule has 0 saturated carbocycles. The number of hydrogen-bond acceptors (Lipinski definition) is 6. The van der Waals surface area contributed by atoms with Gasteiger partial charge < -0.3 is 14.1 Å². The van der Waals surface area contributed by atoms with Crippen LogP contribution in [-0.2, 0) is 20.6 Å². The molecule has 0 saturated heterocycles. The van der Waals surface area contributed by atoms with Crippen molar-refractivity contribution >= 4 is 34.3 Å². The first-order valence-electron chi connectivity index (χ1n) is 10.2. The van der Waals surface area contributed by atoms with Gasteiger partial charge in [0.15, 0.2) is 5.22 Å². The summed E-state index contributed by atoms with van der Waals surface area (Å²) in [5.41, 5.74) is 2.10. The predicted molar refractivity (Wildman–Crippen MR) is 127 cm³/mol. The van der Waals surface area contributed by atoms with E-state index in [1.807, 2.05) is 10.6 Å². The van der Waals surface area contributed by atoms with Gasteiger partial charge in [-0.05, 0) is 35.9 Å². The van der Waals surface area contributed by atoms with Crippen molar-refractivity contribution in [3.8, 4) is 17.3 Å². The van der Waals surface area contributed by atoms with Gasteiger partial charge in [-0.1, -0.05) is 12.1 Å². The van der Waals surface area contributed by atoms with Crippen molar-refractivity contribution in [2.75, 3.05) is 6.61 Å². The smallest absolute Gasteiger partial charge is 0.331 e. The molecular weight excluding hydrogens is 464 g/mol. The number of aliphatic hydroxyl groups excluding tert-OH is 1. The molecule has 8 nitrogen and oxygen atoms in total. The molecular formula is C23H19ClN4O4S. The zero-order valence-electron chi connectivity index (χ0n) is 17.8. The third kappa shape index (κ3) is 3.25. The summed E-state index contributed by atoms with van der Waals surface area (Å²) in [4.78, 5) is 26.3. The predicted octanol–water partition coefficient (Wildman–Crippen LogP) is 3.02. The minimum atomic E-state index is -0.441. The van der Waals surface area contributed by atoms with Crippen LogP contribution in [0.4, 0.5) is 0 Å². The largest absolute Gasteiger partial charge is 0.448 e. The van der Waals surface area contributed by atoms with E-state index in [0.29, 0.717) is 40.0 Å². The van der Waals surface area contributed by atoms with Gasteiger partial charge in [0.2, 0.25) is 0 Å². The van der Waals surface area contributed by atoms with E-state index in [1.54, 1.807) is 37.4 Å². The molecule has 168 valence electrons. The van der Waals surface area contributed by atoms with Crippen molar-refractivity contribution in [1.82, 2.24) is 13.7 Å². The van der Waals surface area contributed by atoms with Crippen LogP contribution in [0, 0.1) is 11.3 Å². The lowest BCUT2D eigenvalue weighted by molar-refractivity contribution is 0.283. The van der Waals surface area contributed by atoms with Gasteiger partial charge in [0.25, 0.3) is 5.56 Å². The molecule has 0 spiro atoms. The van der Waals surface area contributed by atoms with E-state index >= 15 is 0 Å². The molecule has 0 aliphatic carbocycles. The number of nitriles is 1. The van der Waals surface area contributed by atoms with Gasteiger partial charge in [-0.2, -0.15) is 5.26 Å². The molecule has 0 fully saturated rings. The molecule has 1 aliphatic rings. The molecule has 4 heterocycles. The van der Waals surface area contributed by atoms with Crippen LogP contribution < -0.4 is 11.2 Å². The first-order valence-corrected chi connectivity index (χ1v) is 11.5. The van der Waals surface area contributed by atoms with Crippen molar-refractivity contribution < 1.29 is 9.52 Å². The molecule has 0 amide bonds. The van der Waals surface area contributed by atoms with Crippen LogP contribution in [0.25, 0.3) is 22.2 Å². The number of fused-ring (bicyclic) bond motifs is 3. The third-order valence-corrected chi connectivity index (χ3v) is 7.60. The van der Waals surface area contributed by atoms with Gasteiger partial charge in [-0.15, -0.1) is 11.8 Å². The fraction of sp³-hybridized carbons (Fsp3) is 0.261. The first kappa shape index (κ1) is 21.6. The molecule has 10 heteroatoms. The van der Waals surface area contributed by atoms with Crippen LogP contribution in [-0.4, -0.2) is 30.7 Å². The molecule has 1 aliphatic heterocycles. The van der Waals surface area contributed by atoms with Gasteiger partial charge in [-0.25, -0.2) is 4.79 Å². The highest BCUT2D eigenvalue weighted by Gasteiger charge is 2.37. The number of hydrogen-bond donors (Lipinski definition) is 1. The van der Waals surface area contributed by atoms with Crippen molar-refractivity contribution in [3.05, 3.63) is 79.5 Å². The Morgan fingerprint density at radius 2 is 2.03 bits per heavy atom. The molecule has 3 aromatic heterocycles. The summed E-state index contributed by atoms with van der Waals surface area (Å²) in [6.45, 7) is 0.331. The van der Waals surface area contributed by atoms with Crippen LogP contribution in [0.2, 0.25) is 5.22 Å². The van der Waals surface area contributed by atoms with Gasteiger partial charge in [0, 0.05) is 31.5 Å². The molecule has 5 rings (SSSR count). The maximum absolute atomic E-state index is 13.4. The first-order chi connectivity index (χ1) is 15.8.